The number of allylic oxidation sites excluding steroid dienone is 1. The van der Waals surface area contributed by atoms with Crippen molar-refractivity contribution in [1.82, 2.24) is 0 Å². The van der Waals surface area contributed by atoms with Crippen LogP contribution in [0.1, 0.15) is 120 Å². The van der Waals surface area contributed by atoms with E-state index < -0.39 is 0 Å². The third-order valence-corrected chi connectivity index (χ3v) is 14.7. The van der Waals surface area contributed by atoms with Gasteiger partial charge in [-0.1, -0.05) is 53.7 Å². The van der Waals surface area contributed by atoms with E-state index >= 15 is 0 Å². The first-order valence-electron chi connectivity index (χ1n) is 14.5. The number of carbonyl (C=O) groups excluding carboxylic acids is 1. The average molecular weight is 469 g/mol. The van der Waals surface area contributed by atoms with E-state index in [1.807, 2.05) is 6.92 Å². The van der Waals surface area contributed by atoms with E-state index in [1.54, 1.807) is 0 Å². The summed E-state index contributed by atoms with van der Waals surface area (Å²) >= 11 is 0. The van der Waals surface area contributed by atoms with E-state index in [0.29, 0.717) is 29.5 Å². The molecule has 0 aromatic rings. The molecule has 0 heterocycles. The fourth-order valence-electron chi connectivity index (χ4n) is 12.1. The lowest BCUT2D eigenvalue weighted by Crippen LogP contribution is -2.71. The Morgan fingerprint density at radius 3 is 2.00 bits per heavy atom. The largest absolute Gasteiger partial charge is 0.393 e. The van der Waals surface area contributed by atoms with Gasteiger partial charge in [0, 0.05) is 5.41 Å². The number of rotatable bonds is 2. The Bertz CT molecular complexity index is 903. The highest BCUT2D eigenvalue weighted by atomic mass is 16.3. The van der Waals surface area contributed by atoms with Crippen LogP contribution in [0.4, 0.5) is 0 Å². The monoisotopic (exact) mass is 468 g/mol. The number of hydrogen-bond acceptors (Lipinski definition) is 2. The molecule has 10 unspecified atom stereocenters. The first-order chi connectivity index (χ1) is 15.6. The van der Waals surface area contributed by atoms with E-state index in [4.69, 9.17) is 0 Å². The minimum Gasteiger partial charge on any atom is -0.393 e. The van der Waals surface area contributed by atoms with Crippen molar-refractivity contribution in [3.8, 4) is 0 Å². The Kier molecular flexibility index (Phi) is 5.33. The maximum atomic E-state index is 13.3. The zero-order valence-electron chi connectivity index (χ0n) is 23.5. The number of carbonyl (C=O) groups is 1. The van der Waals surface area contributed by atoms with E-state index in [9.17, 15) is 9.90 Å². The maximum Gasteiger partial charge on any atom is 0.136 e. The predicted octanol–water partition coefficient (Wildman–Crippen LogP) is 7.98. The van der Waals surface area contributed by atoms with Gasteiger partial charge < -0.3 is 5.11 Å². The summed E-state index contributed by atoms with van der Waals surface area (Å²) in [4.78, 5) is 13.3. The van der Waals surface area contributed by atoms with Crippen molar-refractivity contribution >= 4 is 5.78 Å². The van der Waals surface area contributed by atoms with Crippen LogP contribution in [-0.2, 0) is 4.79 Å². The van der Waals surface area contributed by atoms with Crippen molar-refractivity contribution in [2.75, 3.05) is 0 Å². The molecule has 5 aliphatic rings. The Morgan fingerprint density at radius 1 is 0.765 bits per heavy atom. The van der Waals surface area contributed by atoms with Crippen LogP contribution in [-0.4, -0.2) is 17.0 Å². The molecule has 0 aromatic carbocycles. The van der Waals surface area contributed by atoms with Crippen LogP contribution in [0.15, 0.2) is 12.2 Å². The van der Waals surface area contributed by atoms with Gasteiger partial charge in [0.05, 0.1) is 6.10 Å². The summed E-state index contributed by atoms with van der Waals surface area (Å²) in [5.41, 5.74) is 2.24. The highest BCUT2D eigenvalue weighted by molar-refractivity contribution is 5.83. The molecule has 0 aromatic heterocycles. The van der Waals surface area contributed by atoms with Gasteiger partial charge in [-0.2, -0.15) is 0 Å². The molecule has 34 heavy (non-hydrogen) atoms. The lowest BCUT2D eigenvalue weighted by atomic mass is 9.27. The topological polar surface area (TPSA) is 37.3 Å². The van der Waals surface area contributed by atoms with E-state index in [0.717, 1.165) is 32.1 Å². The third kappa shape index (κ3) is 2.61. The molecular weight excluding hydrogens is 416 g/mol. The van der Waals surface area contributed by atoms with Gasteiger partial charge >= 0.3 is 0 Å². The quantitative estimate of drug-likeness (QED) is 0.417. The molecule has 192 valence electrons. The minimum atomic E-state index is -0.175. The number of aliphatic hydroxyl groups is 1. The zero-order chi connectivity index (χ0) is 25.1. The number of ketones is 1. The fourth-order valence-corrected chi connectivity index (χ4v) is 12.1. The van der Waals surface area contributed by atoms with E-state index in [1.165, 1.54) is 37.7 Å². The summed E-state index contributed by atoms with van der Waals surface area (Å²) < 4.78 is 0. The van der Waals surface area contributed by atoms with Crippen molar-refractivity contribution in [2.45, 2.75) is 126 Å². The van der Waals surface area contributed by atoms with Crippen molar-refractivity contribution in [2.24, 2.45) is 56.2 Å². The summed E-state index contributed by atoms with van der Waals surface area (Å²) in [5.74, 6) is 2.65. The standard InChI is InChI=1S/C32H52O2/c1-20(2)22-10-17-32(21(3)33)19-18-28(6)23(26(22)32)11-15-31(9)29(7)14-13-25(34)27(4,5)24(29)12-16-30(28,31)8/h22-26,34H,1,10-19H2,2-9H3. The van der Waals surface area contributed by atoms with Crippen molar-refractivity contribution < 1.29 is 9.90 Å². The molecule has 1 N–H and O–H groups in total. The number of Topliss-reactive ketones (excluding diaryl/α,β-unsaturated/α-hetero) is 1. The molecular formula is C32H52O2. The summed E-state index contributed by atoms with van der Waals surface area (Å²) in [6.45, 7) is 23.8. The SMILES string of the molecule is C=C(C)C1CCC2(C(C)=O)CCC3(C)C(CCC4(C)C5(C)CCC(O)C(C)(C)C5CCC34C)C12. The second-order valence-corrected chi connectivity index (χ2v) is 15.3. The Labute approximate surface area is 209 Å². The molecule has 10 atom stereocenters. The first kappa shape index (κ1) is 25.0. The average Bonchev–Trinajstić information content (AvgIpc) is 3.15. The Hall–Kier alpha value is -0.630. The van der Waals surface area contributed by atoms with Crippen LogP contribution in [0.3, 0.4) is 0 Å². The summed E-state index contributed by atoms with van der Waals surface area (Å²) in [7, 11) is 0. The van der Waals surface area contributed by atoms with Crippen LogP contribution < -0.4 is 0 Å². The van der Waals surface area contributed by atoms with E-state index in [2.05, 4.69) is 55.0 Å². The molecule has 0 aliphatic heterocycles. The molecule has 0 radical (unpaired) electrons. The molecule has 2 nitrogen and oxygen atoms in total. The number of hydrogen-bond donors (Lipinski definition) is 1. The van der Waals surface area contributed by atoms with Gasteiger partial charge in [0.1, 0.15) is 5.78 Å². The molecule has 0 amide bonds. The summed E-state index contributed by atoms with van der Waals surface area (Å²) in [6.07, 6.45) is 11.5. The maximum absolute atomic E-state index is 13.3. The third-order valence-electron chi connectivity index (χ3n) is 14.7. The number of aliphatic hydroxyl groups excluding tert-OH is 1. The lowest BCUT2D eigenvalue weighted by Gasteiger charge is -2.77. The normalized spacial score (nSPS) is 56.0. The molecule has 0 saturated heterocycles. The van der Waals surface area contributed by atoms with Gasteiger partial charge in [0.2, 0.25) is 0 Å². The van der Waals surface area contributed by atoms with Crippen molar-refractivity contribution in [1.29, 1.82) is 0 Å². The molecule has 5 aliphatic carbocycles. The second-order valence-electron chi connectivity index (χ2n) is 15.3. The fraction of sp³-hybridized carbons (Fsp3) is 0.906. The highest BCUT2D eigenvalue weighted by Crippen LogP contribution is 2.81. The van der Waals surface area contributed by atoms with Gasteiger partial charge in [-0.15, -0.1) is 0 Å². The van der Waals surface area contributed by atoms with Crippen LogP contribution in [0, 0.1) is 56.2 Å². The second kappa shape index (κ2) is 7.23. The molecule has 5 saturated carbocycles. The van der Waals surface area contributed by atoms with Crippen molar-refractivity contribution in [3.05, 3.63) is 12.2 Å². The first-order valence-corrected chi connectivity index (χ1v) is 14.5. The molecule has 2 heteroatoms. The van der Waals surface area contributed by atoms with Crippen LogP contribution in [0.2, 0.25) is 0 Å². The zero-order valence-corrected chi connectivity index (χ0v) is 23.5. The van der Waals surface area contributed by atoms with E-state index in [-0.39, 0.29) is 38.6 Å². The molecule has 0 spiro atoms. The molecule has 5 fully saturated rings. The molecule has 0 bridgehead atoms. The van der Waals surface area contributed by atoms with Gasteiger partial charge in [0.25, 0.3) is 0 Å². The Balaban J connectivity index is 1.61. The predicted molar refractivity (Wildman–Crippen MR) is 140 cm³/mol. The van der Waals surface area contributed by atoms with Crippen LogP contribution in [0.5, 0.6) is 0 Å². The lowest BCUT2D eigenvalue weighted by molar-refractivity contribution is -0.290. The van der Waals surface area contributed by atoms with Gasteiger partial charge in [0.15, 0.2) is 0 Å². The Morgan fingerprint density at radius 2 is 1.38 bits per heavy atom. The van der Waals surface area contributed by atoms with Crippen molar-refractivity contribution in [3.63, 3.8) is 0 Å². The number of fused-ring (bicyclic) bond motifs is 7. The van der Waals surface area contributed by atoms with Crippen LogP contribution >= 0.6 is 0 Å². The highest BCUT2D eigenvalue weighted by Gasteiger charge is 2.75. The van der Waals surface area contributed by atoms with Gasteiger partial charge in [-0.3, -0.25) is 4.79 Å². The smallest absolute Gasteiger partial charge is 0.136 e. The summed E-state index contributed by atoms with van der Waals surface area (Å²) in [6, 6.07) is 0. The van der Waals surface area contributed by atoms with Gasteiger partial charge in [-0.05, 0) is 129 Å². The van der Waals surface area contributed by atoms with Gasteiger partial charge in [-0.25, -0.2) is 0 Å². The minimum absolute atomic E-state index is 0.0120. The molecule has 5 rings (SSSR count). The van der Waals surface area contributed by atoms with Crippen LogP contribution in [0.25, 0.3) is 0 Å². The summed E-state index contributed by atoms with van der Waals surface area (Å²) in [5, 5.41) is 11.0.